The molecular formula is C26H32BFN4O7. The van der Waals surface area contributed by atoms with Gasteiger partial charge in [-0.15, -0.1) is 0 Å². The normalized spacial score (nSPS) is 26.5. The van der Waals surface area contributed by atoms with Crippen LogP contribution in [0.2, 0.25) is 0 Å². The van der Waals surface area contributed by atoms with Gasteiger partial charge in [-0.1, -0.05) is 13.8 Å². The van der Waals surface area contributed by atoms with Crippen LogP contribution in [0, 0.1) is 17.7 Å². The zero-order chi connectivity index (χ0) is 29.1. The van der Waals surface area contributed by atoms with Crippen molar-refractivity contribution in [2.75, 3.05) is 26.0 Å². The number of aliphatic hydroxyl groups excluding tert-OH is 2. The third kappa shape index (κ3) is 4.34. The molecule has 4 rings (SSSR count). The van der Waals surface area contributed by atoms with Gasteiger partial charge in [0.05, 0.1) is 0 Å². The second-order valence-corrected chi connectivity index (χ2v) is 10.8. The van der Waals surface area contributed by atoms with Gasteiger partial charge in [0.25, 0.3) is 0 Å². The molecule has 0 heterocycles. The minimum absolute atomic E-state index is 0.00139. The molecule has 0 radical (unpaired) electrons. The first-order chi connectivity index (χ1) is 18.1. The standard InChI is InChI=1S/C26H32BFN4O7/c1-9(2)30-8-15(33)31-14-7-13(28)11-5-10-6-12-19(32(3)4)22(36)18(25(29)38)23(27)26(12,39)24(37)16(10)21(35)17(11)20(14)34/h7,9-10,12,19,27,30,34,36-37,39H,5-6,8H2,1-4H3,(H2,29,38)(H,31,33)/t10-,12-,19-,26+/m0/s1. The number of anilines is 1. The number of aromatic hydroxyl groups is 1. The number of phenolic OH excluding ortho intramolecular Hbond substituents is 1. The average molecular weight is 542 g/mol. The van der Waals surface area contributed by atoms with Gasteiger partial charge >= 0.3 is 205 Å². The third-order valence-electron chi connectivity index (χ3n) is 7.80. The van der Waals surface area contributed by atoms with Crippen molar-refractivity contribution < 1.29 is 39.2 Å². The first-order valence-corrected chi connectivity index (χ1v) is 12.5. The van der Waals surface area contributed by atoms with Crippen molar-refractivity contribution in [2.24, 2.45) is 17.6 Å². The molecule has 0 aliphatic heterocycles. The Morgan fingerprint density at radius 1 is 1.28 bits per heavy atom. The van der Waals surface area contributed by atoms with Gasteiger partial charge in [-0.25, -0.2) is 0 Å². The van der Waals surface area contributed by atoms with E-state index in [4.69, 9.17) is 5.73 Å². The van der Waals surface area contributed by atoms with Crippen LogP contribution in [0.3, 0.4) is 0 Å². The maximum atomic E-state index is 15.3. The fraction of sp³-hybridized carbons (Fsp3) is 0.462. The number of amides is 2. The van der Waals surface area contributed by atoms with Gasteiger partial charge in [0.2, 0.25) is 0 Å². The Kier molecular flexibility index (Phi) is 7.22. The van der Waals surface area contributed by atoms with Crippen molar-refractivity contribution in [2.45, 2.75) is 44.4 Å². The number of phenols is 1. The first kappa shape index (κ1) is 28.5. The summed E-state index contributed by atoms with van der Waals surface area (Å²) < 4.78 is 15.3. The van der Waals surface area contributed by atoms with Crippen LogP contribution >= 0.6 is 0 Å². The predicted octanol–water partition coefficient (Wildman–Crippen LogP) is -0.300. The monoisotopic (exact) mass is 542 g/mol. The van der Waals surface area contributed by atoms with E-state index in [1.165, 1.54) is 4.90 Å². The topological polar surface area (TPSA) is 185 Å². The molecule has 39 heavy (non-hydrogen) atoms. The fourth-order valence-corrected chi connectivity index (χ4v) is 6.03. The van der Waals surface area contributed by atoms with Crippen molar-refractivity contribution in [1.82, 2.24) is 10.2 Å². The average Bonchev–Trinajstić information content (AvgIpc) is 2.82. The van der Waals surface area contributed by atoms with Gasteiger partial charge < -0.3 is 0 Å². The van der Waals surface area contributed by atoms with Crippen LogP contribution in [0.25, 0.3) is 0 Å². The van der Waals surface area contributed by atoms with Crippen molar-refractivity contribution in [3.05, 3.63) is 45.7 Å². The van der Waals surface area contributed by atoms with E-state index in [1.807, 2.05) is 13.8 Å². The van der Waals surface area contributed by atoms with Gasteiger partial charge in [-0.05, 0) is 0 Å². The number of rotatable bonds is 6. The number of nitrogens with two attached hydrogens (primary N) is 1. The van der Waals surface area contributed by atoms with Crippen molar-refractivity contribution in [3.63, 3.8) is 0 Å². The molecular weight excluding hydrogens is 510 g/mol. The summed E-state index contributed by atoms with van der Waals surface area (Å²) in [5, 5.41) is 50.4. The molecule has 13 heteroatoms. The molecule has 0 saturated heterocycles. The summed E-state index contributed by atoms with van der Waals surface area (Å²) in [4.78, 5) is 39.8. The van der Waals surface area contributed by atoms with Gasteiger partial charge in [-0.2, -0.15) is 0 Å². The van der Waals surface area contributed by atoms with E-state index in [0.29, 0.717) is 0 Å². The summed E-state index contributed by atoms with van der Waals surface area (Å²) in [5.74, 6) is -7.11. The quantitative estimate of drug-likeness (QED) is 0.187. The molecule has 0 aromatic heterocycles. The fourth-order valence-electron chi connectivity index (χ4n) is 6.03. The first-order valence-electron chi connectivity index (χ1n) is 12.5. The van der Waals surface area contributed by atoms with Crippen LogP contribution in [0.5, 0.6) is 5.75 Å². The molecule has 11 nitrogen and oxygen atoms in total. The molecule has 2 amide bonds. The number of primary amides is 1. The predicted molar refractivity (Wildman–Crippen MR) is 143 cm³/mol. The molecule has 4 atom stereocenters. The molecule has 8 N–H and O–H groups in total. The van der Waals surface area contributed by atoms with Crippen LogP contribution in [0.15, 0.2) is 28.7 Å². The maximum absolute atomic E-state index is 15.3. The van der Waals surface area contributed by atoms with Crippen molar-refractivity contribution >= 4 is 36.2 Å². The minimum atomic E-state index is -2.35. The molecule has 1 aromatic rings. The van der Waals surface area contributed by atoms with Crippen LogP contribution in [-0.4, -0.2) is 94.2 Å². The number of benzene rings is 1. The van der Waals surface area contributed by atoms with E-state index in [2.05, 4.69) is 18.1 Å². The molecule has 0 saturated carbocycles. The van der Waals surface area contributed by atoms with E-state index >= 15 is 4.39 Å². The molecule has 3 aliphatic carbocycles. The van der Waals surface area contributed by atoms with Gasteiger partial charge in [0.1, 0.15) is 0 Å². The molecule has 0 bridgehead atoms. The zero-order valence-corrected chi connectivity index (χ0v) is 22.1. The van der Waals surface area contributed by atoms with Gasteiger partial charge in [-0.3, -0.25) is 0 Å². The number of aliphatic hydroxyl groups is 3. The van der Waals surface area contributed by atoms with E-state index in [-0.39, 0.29) is 47.7 Å². The molecule has 1 aromatic carbocycles. The number of allylic oxidation sites excluding steroid dienone is 1. The summed E-state index contributed by atoms with van der Waals surface area (Å²) >= 11 is 0. The van der Waals surface area contributed by atoms with Crippen LogP contribution in [0.1, 0.15) is 36.2 Å². The number of carbonyl (C=O) groups is 3. The van der Waals surface area contributed by atoms with Gasteiger partial charge in [0, 0.05) is 6.04 Å². The van der Waals surface area contributed by atoms with Crippen molar-refractivity contribution in [3.8, 4) is 5.75 Å². The zero-order valence-electron chi connectivity index (χ0n) is 22.1. The number of carbonyl (C=O) groups excluding carboxylic acids is 3. The van der Waals surface area contributed by atoms with E-state index in [9.17, 15) is 34.8 Å². The Balaban J connectivity index is 1.84. The second kappa shape index (κ2) is 9.89. The SMILES string of the molecule is B=C1C(C(N)=O)=C(O)[C@@H](N(C)C)[C@@H]2C[C@@H]3Cc4c(F)cc(NC(=O)CNC(C)C)c(O)c4C(=O)C3=C(O)[C@]12O. The summed E-state index contributed by atoms with van der Waals surface area (Å²) in [5.41, 5.74) is 1.14. The number of nitrogens with one attached hydrogen (secondary N) is 2. The molecule has 0 unspecified atom stereocenters. The Bertz CT molecular complexity index is 1370. The molecule has 0 spiro atoms. The molecule has 0 fully saturated rings. The Hall–Kier alpha value is -3.55. The van der Waals surface area contributed by atoms with Crippen LogP contribution in [0.4, 0.5) is 10.1 Å². The number of nitrogens with zero attached hydrogens (tertiary/aromatic N) is 1. The Labute approximate surface area is 225 Å². The van der Waals surface area contributed by atoms with Crippen LogP contribution < -0.4 is 16.4 Å². The van der Waals surface area contributed by atoms with E-state index in [0.717, 1.165) is 6.07 Å². The number of halogens is 1. The number of hydrogen-bond acceptors (Lipinski definition) is 9. The summed E-state index contributed by atoms with van der Waals surface area (Å²) in [7, 11) is 6.91. The van der Waals surface area contributed by atoms with E-state index in [1.54, 1.807) is 14.1 Å². The summed E-state index contributed by atoms with van der Waals surface area (Å²) in [6.07, 6.45) is -0.117. The number of hydrogen-bond donors (Lipinski definition) is 7. The molecule has 208 valence electrons. The molecule has 3 aliphatic rings. The second-order valence-electron chi connectivity index (χ2n) is 10.8. The number of Topliss-reactive ketones (excluding diaryl/α,β-unsaturated/α-hetero) is 1. The number of fused-ring (bicyclic) bond motifs is 3. The Morgan fingerprint density at radius 3 is 2.49 bits per heavy atom. The van der Waals surface area contributed by atoms with Crippen LogP contribution in [-0.2, 0) is 16.0 Å². The number of likely N-dealkylation sites (N-methyl/N-ethyl adjacent to an activating group) is 1. The third-order valence-corrected chi connectivity index (χ3v) is 7.80. The van der Waals surface area contributed by atoms with Gasteiger partial charge in [0.15, 0.2) is 0 Å². The van der Waals surface area contributed by atoms with E-state index < -0.39 is 75.3 Å². The number of ketones is 1. The summed E-state index contributed by atoms with van der Waals surface area (Å²) in [6, 6.07) is -0.0627. The van der Waals surface area contributed by atoms with Crippen molar-refractivity contribution in [1.29, 1.82) is 0 Å². The summed E-state index contributed by atoms with van der Waals surface area (Å²) in [6.45, 7) is 3.53. The Morgan fingerprint density at radius 2 is 1.92 bits per heavy atom.